The monoisotopic (exact) mass is 496 g/mol. The molecule has 4 aromatic rings. The molecule has 2 heterocycles. The summed E-state index contributed by atoms with van der Waals surface area (Å²) in [6, 6.07) is 11.9. The molecule has 3 N–H and O–H groups in total. The van der Waals surface area contributed by atoms with Crippen LogP contribution in [0.5, 0.6) is 0 Å². The summed E-state index contributed by atoms with van der Waals surface area (Å²) in [6.07, 6.45) is 4.10. The third-order valence-corrected chi connectivity index (χ3v) is 7.96. The second kappa shape index (κ2) is 9.27. The van der Waals surface area contributed by atoms with Crippen LogP contribution in [-0.2, 0) is 15.6 Å². The molecule has 0 bridgehead atoms. The summed E-state index contributed by atoms with van der Waals surface area (Å²) >= 11 is 6.23. The van der Waals surface area contributed by atoms with Crippen LogP contribution in [0.2, 0.25) is 5.02 Å². The van der Waals surface area contributed by atoms with Gasteiger partial charge in [0, 0.05) is 28.3 Å². The number of carbonyl (C=O) groups is 1. The maximum absolute atomic E-state index is 14.4. The van der Waals surface area contributed by atoms with Crippen LogP contribution >= 0.6 is 19.0 Å². The molecule has 9 nitrogen and oxygen atoms in total. The number of benzene rings is 2. The Morgan fingerprint density at radius 3 is 2.85 bits per heavy atom. The van der Waals surface area contributed by atoms with E-state index < -0.39 is 13.3 Å². The van der Waals surface area contributed by atoms with Crippen molar-refractivity contribution in [3.8, 4) is 6.07 Å². The van der Waals surface area contributed by atoms with Crippen molar-refractivity contribution in [3.63, 3.8) is 0 Å². The standard InChI is InChI=1S/C23H19ClN5O4P/c1-14-5-15(9-25)7-18(6-14)34(32,33-2)22-19-8-17(24)3-4-20(19)28-21(22)23(30)27-11-16-10-26-13-29(31)12-16/h3-8,10,12-13H,11H2,1-2H3,(H2-,27,28,30,31,32)/p+1. The summed E-state index contributed by atoms with van der Waals surface area (Å²) in [7, 11) is -2.54. The topological polar surface area (TPSA) is 132 Å². The number of rotatable bonds is 6. The molecule has 11 heteroatoms. The van der Waals surface area contributed by atoms with E-state index in [1.54, 1.807) is 37.3 Å². The lowest BCUT2D eigenvalue weighted by molar-refractivity contribution is -0.907. The van der Waals surface area contributed by atoms with E-state index in [4.69, 9.17) is 16.1 Å². The molecule has 1 amide bonds. The zero-order valence-corrected chi connectivity index (χ0v) is 19.9. The van der Waals surface area contributed by atoms with Gasteiger partial charge in [-0.15, -0.1) is 0 Å². The number of aromatic amines is 1. The molecule has 4 rings (SSSR count). The lowest BCUT2D eigenvalue weighted by Crippen LogP contribution is -2.33. The predicted molar refractivity (Wildman–Crippen MR) is 126 cm³/mol. The van der Waals surface area contributed by atoms with Gasteiger partial charge in [0.15, 0.2) is 0 Å². The summed E-state index contributed by atoms with van der Waals surface area (Å²) in [5, 5.41) is 23.0. The minimum absolute atomic E-state index is 0.0447. The largest absolute Gasteiger partial charge is 0.350 e. The summed E-state index contributed by atoms with van der Waals surface area (Å²) < 4.78 is 20.8. The molecule has 1 unspecified atom stereocenters. The molecule has 0 aliphatic carbocycles. The van der Waals surface area contributed by atoms with E-state index >= 15 is 0 Å². The molecule has 0 spiro atoms. The Morgan fingerprint density at radius 2 is 2.15 bits per heavy atom. The molecule has 0 fully saturated rings. The smallest absolute Gasteiger partial charge is 0.324 e. The Morgan fingerprint density at radius 1 is 1.35 bits per heavy atom. The molecule has 2 aromatic heterocycles. The second-order valence-corrected chi connectivity index (χ2v) is 10.5. The number of hydrogen-bond donors (Lipinski definition) is 3. The zero-order chi connectivity index (χ0) is 24.5. The lowest BCUT2D eigenvalue weighted by Gasteiger charge is -2.19. The van der Waals surface area contributed by atoms with Gasteiger partial charge in [-0.2, -0.15) is 5.26 Å². The van der Waals surface area contributed by atoms with Gasteiger partial charge < -0.3 is 20.0 Å². The van der Waals surface area contributed by atoms with E-state index in [9.17, 15) is 19.8 Å². The number of amides is 1. The van der Waals surface area contributed by atoms with Crippen molar-refractivity contribution in [2.24, 2.45) is 0 Å². The zero-order valence-electron chi connectivity index (χ0n) is 18.2. The number of aromatic nitrogens is 3. The van der Waals surface area contributed by atoms with Gasteiger partial charge in [0.05, 0.1) is 29.0 Å². The van der Waals surface area contributed by atoms with Crippen molar-refractivity contribution in [2.75, 3.05) is 7.11 Å². The summed E-state index contributed by atoms with van der Waals surface area (Å²) in [5.74, 6) is -0.541. The van der Waals surface area contributed by atoms with Crippen molar-refractivity contribution in [1.82, 2.24) is 15.3 Å². The minimum atomic E-state index is -3.84. The van der Waals surface area contributed by atoms with Crippen molar-refractivity contribution in [3.05, 3.63) is 82.5 Å². The number of nitrogens with zero attached hydrogens (tertiary/aromatic N) is 3. The van der Waals surface area contributed by atoms with E-state index in [0.29, 0.717) is 27.1 Å². The Kier molecular flexibility index (Phi) is 6.40. The number of H-pyrrole nitrogens is 1. The van der Waals surface area contributed by atoms with Crippen LogP contribution in [-0.4, -0.2) is 28.2 Å². The van der Waals surface area contributed by atoms with Crippen LogP contribution in [0, 0.1) is 18.3 Å². The number of fused-ring (bicyclic) bond motifs is 1. The van der Waals surface area contributed by atoms with Gasteiger partial charge in [-0.1, -0.05) is 21.3 Å². The Labute approximate surface area is 200 Å². The Hall–Kier alpha value is -3.70. The van der Waals surface area contributed by atoms with Crippen LogP contribution in [0.4, 0.5) is 0 Å². The van der Waals surface area contributed by atoms with E-state index in [1.807, 2.05) is 0 Å². The molecule has 0 aliphatic rings. The molecule has 34 heavy (non-hydrogen) atoms. The summed E-state index contributed by atoms with van der Waals surface area (Å²) in [6.45, 7) is 1.84. The third-order valence-electron chi connectivity index (χ3n) is 5.22. The average Bonchev–Trinajstić information content (AvgIpc) is 3.21. The number of nitriles is 1. The maximum atomic E-state index is 14.4. The van der Waals surface area contributed by atoms with Crippen molar-refractivity contribution in [1.29, 1.82) is 5.26 Å². The first kappa shape index (κ1) is 23.5. The average molecular weight is 497 g/mol. The fraction of sp³-hybridized carbons (Fsp3) is 0.130. The van der Waals surface area contributed by atoms with Gasteiger partial charge in [-0.3, -0.25) is 9.36 Å². The fourth-order valence-electron chi connectivity index (χ4n) is 3.74. The van der Waals surface area contributed by atoms with Crippen LogP contribution in [0.3, 0.4) is 0 Å². The quantitative estimate of drug-likeness (QED) is 0.214. The van der Waals surface area contributed by atoms with Crippen molar-refractivity contribution in [2.45, 2.75) is 13.5 Å². The van der Waals surface area contributed by atoms with Gasteiger partial charge in [0.1, 0.15) is 18.1 Å². The highest BCUT2D eigenvalue weighted by Crippen LogP contribution is 2.47. The van der Waals surface area contributed by atoms with Crippen molar-refractivity contribution < 1.29 is 23.8 Å². The van der Waals surface area contributed by atoms with E-state index in [2.05, 4.69) is 21.4 Å². The van der Waals surface area contributed by atoms with E-state index in [0.717, 1.165) is 10.3 Å². The lowest BCUT2D eigenvalue weighted by atomic mass is 10.2. The summed E-state index contributed by atoms with van der Waals surface area (Å²) in [4.78, 5) is 20.2. The molecule has 0 saturated heterocycles. The second-order valence-electron chi connectivity index (χ2n) is 7.60. The van der Waals surface area contributed by atoms with Gasteiger partial charge in [0.2, 0.25) is 0 Å². The number of aryl methyl sites for hydroxylation is 1. The van der Waals surface area contributed by atoms with Crippen LogP contribution in [0.1, 0.15) is 27.2 Å². The highest BCUT2D eigenvalue weighted by molar-refractivity contribution is 7.75. The number of carbonyl (C=O) groups excluding carboxylic acids is 1. The maximum Gasteiger partial charge on any atom is 0.324 e. The SMILES string of the molecule is COP(=O)(c1cc(C)cc(C#N)c1)c1c(C(=O)NCc2cnc[n+](O)c2)[nH]c2ccc(Cl)cc12. The summed E-state index contributed by atoms with van der Waals surface area (Å²) in [5.41, 5.74) is 2.19. The van der Waals surface area contributed by atoms with Crippen LogP contribution in [0.25, 0.3) is 10.9 Å². The van der Waals surface area contributed by atoms with Crippen LogP contribution in [0.15, 0.2) is 55.1 Å². The first-order valence-electron chi connectivity index (χ1n) is 10.1. The Balaban J connectivity index is 1.87. The van der Waals surface area contributed by atoms with Gasteiger partial charge in [-0.25, -0.2) is 0 Å². The number of nitrogens with one attached hydrogen (secondary N) is 2. The number of hydrogen-bond acceptors (Lipinski definition) is 6. The molecule has 0 aliphatic heterocycles. The van der Waals surface area contributed by atoms with Crippen molar-refractivity contribution >= 4 is 46.4 Å². The predicted octanol–water partition coefficient (Wildman–Crippen LogP) is 2.73. The molecule has 172 valence electrons. The normalized spacial score (nSPS) is 12.8. The third kappa shape index (κ3) is 4.39. The van der Waals surface area contributed by atoms with E-state index in [1.165, 1.54) is 31.9 Å². The molecule has 0 radical (unpaired) electrons. The van der Waals surface area contributed by atoms with Gasteiger partial charge in [-0.05, 0) is 48.9 Å². The Bertz CT molecular complexity index is 1510. The van der Waals surface area contributed by atoms with Crippen LogP contribution < -0.4 is 20.7 Å². The fourth-order valence-corrected chi connectivity index (χ4v) is 6.20. The number of halogens is 1. The molecular formula is C23H20ClN5O4P+. The van der Waals surface area contributed by atoms with Gasteiger partial charge >= 0.3 is 6.33 Å². The van der Waals surface area contributed by atoms with E-state index in [-0.39, 0.29) is 22.8 Å². The molecular weight excluding hydrogens is 477 g/mol. The first-order valence-corrected chi connectivity index (χ1v) is 12.1. The molecule has 0 saturated carbocycles. The van der Waals surface area contributed by atoms with Gasteiger partial charge in [0.25, 0.3) is 13.3 Å². The minimum Gasteiger partial charge on any atom is -0.350 e. The highest BCUT2D eigenvalue weighted by atomic mass is 35.5. The molecule has 2 aromatic carbocycles. The highest BCUT2D eigenvalue weighted by Gasteiger charge is 2.36. The first-order chi connectivity index (χ1) is 16.2. The molecule has 1 atom stereocenters.